The molecule has 4 rings (SSSR count). The van der Waals surface area contributed by atoms with Crippen LogP contribution in [0.25, 0.3) is 0 Å². The molecule has 0 aromatic heterocycles. The van der Waals surface area contributed by atoms with Crippen LogP contribution in [0.2, 0.25) is 0 Å². The van der Waals surface area contributed by atoms with Crippen molar-refractivity contribution < 1.29 is 4.79 Å². The van der Waals surface area contributed by atoms with Gasteiger partial charge in [-0.05, 0) is 71.2 Å². The fourth-order valence-electron chi connectivity index (χ4n) is 5.28. The van der Waals surface area contributed by atoms with E-state index in [-0.39, 0.29) is 11.3 Å². The molecule has 0 atom stereocenters. The topological polar surface area (TPSA) is 23.6 Å². The Kier molecular flexibility index (Phi) is 5.15. The third kappa shape index (κ3) is 3.59. The fraction of sp³-hybridized carbons (Fsp3) is 0.625. The van der Waals surface area contributed by atoms with Gasteiger partial charge in [0.15, 0.2) is 0 Å². The summed E-state index contributed by atoms with van der Waals surface area (Å²) in [6.45, 7) is 10.7. The Morgan fingerprint density at radius 3 is 2.56 bits per heavy atom. The molecule has 1 spiro atoms. The number of fused-ring (bicyclic) bond motifs is 2. The minimum atomic E-state index is 0.164. The van der Waals surface area contributed by atoms with Gasteiger partial charge in [-0.25, -0.2) is 0 Å². The number of benzene rings is 1. The van der Waals surface area contributed by atoms with E-state index in [1.54, 1.807) is 0 Å². The van der Waals surface area contributed by atoms with E-state index < -0.39 is 0 Å². The van der Waals surface area contributed by atoms with Gasteiger partial charge >= 0.3 is 0 Å². The zero-order chi connectivity index (χ0) is 19.0. The van der Waals surface area contributed by atoms with Crippen LogP contribution >= 0.6 is 0 Å². The van der Waals surface area contributed by atoms with Crippen LogP contribution in [-0.4, -0.2) is 37.0 Å². The van der Waals surface area contributed by atoms with E-state index in [1.807, 2.05) is 0 Å². The summed E-state index contributed by atoms with van der Waals surface area (Å²) in [5.74, 6) is 0.647. The van der Waals surface area contributed by atoms with Gasteiger partial charge in [0.1, 0.15) is 0 Å². The van der Waals surface area contributed by atoms with Crippen molar-refractivity contribution in [1.29, 1.82) is 0 Å². The highest BCUT2D eigenvalue weighted by Crippen LogP contribution is 2.48. The van der Waals surface area contributed by atoms with E-state index in [2.05, 4.69) is 54.8 Å². The Labute approximate surface area is 164 Å². The van der Waals surface area contributed by atoms with Gasteiger partial charge in [0.05, 0.1) is 0 Å². The minimum Gasteiger partial charge on any atom is -0.311 e. The van der Waals surface area contributed by atoms with Crippen molar-refractivity contribution in [2.75, 3.05) is 31.1 Å². The highest BCUT2D eigenvalue weighted by atomic mass is 16.2. The molecular formula is C24H34N2O. The number of carbonyl (C=O) groups is 1. The van der Waals surface area contributed by atoms with Crippen molar-refractivity contribution in [3.05, 3.63) is 41.0 Å². The van der Waals surface area contributed by atoms with Crippen LogP contribution in [0.5, 0.6) is 0 Å². The Balaban J connectivity index is 1.57. The molecule has 3 aliphatic rings. The van der Waals surface area contributed by atoms with E-state index in [0.29, 0.717) is 5.91 Å². The number of hydrogen-bond donors (Lipinski definition) is 0. The lowest BCUT2D eigenvalue weighted by Gasteiger charge is -2.39. The van der Waals surface area contributed by atoms with Gasteiger partial charge in [-0.15, -0.1) is 0 Å². The number of carbonyl (C=O) groups excluding carboxylic acids is 1. The smallest absolute Gasteiger partial charge is 0.230 e. The number of hydrogen-bond acceptors (Lipinski definition) is 2. The van der Waals surface area contributed by atoms with Crippen molar-refractivity contribution in [2.24, 2.45) is 5.92 Å². The molecule has 0 unspecified atom stereocenters. The van der Waals surface area contributed by atoms with Crippen LogP contribution in [-0.2, 0) is 10.2 Å². The van der Waals surface area contributed by atoms with Gasteiger partial charge in [-0.2, -0.15) is 0 Å². The molecule has 1 aliphatic carbocycles. The maximum Gasteiger partial charge on any atom is 0.230 e. The predicted molar refractivity (Wildman–Crippen MR) is 112 cm³/mol. The monoisotopic (exact) mass is 366 g/mol. The SMILES string of the molecule is CC(C)=CCN1CCC2(CC1)CN(C(=O)C1CCCC1)c1ccc(C)cc12. The molecule has 1 saturated carbocycles. The summed E-state index contributed by atoms with van der Waals surface area (Å²) in [6, 6.07) is 6.75. The van der Waals surface area contributed by atoms with Crippen molar-refractivity contribution >= 4 is 11.6 Å². The van der Waals surface area contributed by atoms with Gasteiger partial charge in [0.25, 0.3) is 0 Å². The number of anilines is 1. The molecule has 1 aromatic carbocycles. The molecular weight excluding hydrogens is 332 g/mol. The summed E-state index contributed by atoms with van der Waals surface area (Å²) in [6.07, 6.45) is 9.26. The Morgan fingerprint density at radius 1 is 1.19 bits per heavy atom. The lowest BCUT2D eigenvalue weighted by Crippen LogP contribution is -2.46. The summed E-state index contributed by atoms with van der Waals surface area (Å²) < 4.78 is 0. The lowest BCUT2D eigenvalue weighted by atomic mass is 9.74. The highest BCUT2D eigenvalue weighted by molar-refractivity contribution is 5.98. The zero-order valence-corrected chi connectivity index (χ0v) is 17.3. The van der Waals surface area contributed by atoms with Crippen LogP contribution < -0.4 is 4.90 Å². The molecule has 0 N–H and O–H groups in total. The van der Waals surface area contributed by atoms with Crippen LogP contribution in [0.1, 0.15) is 63.5 Å². The molecule has 146 valence electrons. The number of amides is 1. The largest absolute Gasteiger partial charge is 0.311 e. The first kappa shape index (κ1) is 18.7. The van der Waals surface area contributed by atoms with Crippen molar-refractivity contribution in [1.82, 2.24) is 4.90 Å². The van der Waals surface area contributed by atoms with Crippen molar-refractivity contribution in [2.45, 2.75) is 64.7 Å². The van der Waals surface area contributed by atoms with Crippen LogP contribution in [0.3, 0.4) is 0 Å². The summed E-state index contributed by atoms with van der Waals surface area (Å²) in [5, 5.41) is 0. The summed E-state index contributed by atoms with van der Waals surface area (Å²) in [5.41, 5.74) is 5.52. The molecule has 2 fully saturated rings. The first-order valence-electron chi connectivity index (χ1n) is 10.8. The number of aryl methyl sites for hydroxylation is 1. The van der Waals surface area contributed by atoms with Crippen LogP contribution in [0, 0.1) is 12.8 Å². The van der Waals surface area contributed by atoms with E-state index in [4.69, 9.17) is 0 Å². The molecule has 1 aromatic rings. The third-order valence-corrected chi connectivity index (χ3v) is 7.02. The fourth-order valence-corrected chi connectivity index (χ4v) is 5.28. The summed E-state index contributed by atoms with van der Waals surface area (Å²) in [7, 11) is 0. The maximum atomic E-state index is 13.3. The third-order valence-electron chi connectivity index (χ3n) is 7.02. The number of allylic oxidation sites excluding steroid dienone is 1. The van der Waals surface area contributed by atoms with E-state index in [0.717, 1.165) is 51.9 Å². The Bertz CT molecular complexity index is 733. The van der Waals surface area contributed by atoms with Gasteiger partial charge in [0, 0.05) is 30.1 Å². The van der Waals surface area contributed by atoms with Gasteiger partial charge in [-0.1, -0.05) is 42.2 Å². The number of nitrogens with zero attached hydrogens (tertiary/aromatic N) is 2. The van der Waals surface area contributed by atoms with E-state index >= 15 is 0 Å². The molecule has 1 amide bonds. The average molecular weight is 367 g/mol. The molecule has 3 heteroatoms. The van der Waals surface area contributed by atoms with E-state index in [9.17, 15) is 4.79 Å². The van der Waals surface area contributed by atoms with Crippen molar-refractivity contribution in [3.8, 4) is 0 Å². The molecule has 2 heterocycles. The number of likely N-dealkylation sites (tertiary alicyclic amines) is 1. The second-order valence-corrected chi connectivity index (χ2v) is 9.29. The van der Waals surface area contributed by atoms with Crippen LogP contribution in [0.4, 0.5) is 5.69 Å². The first-order valence-corrected chi connectivity index (χ1v) is 10.8. The number of rotatable bonds is 3. The summed E-state index contributed by atoms with van der Waals surface area (Å²) >= 11 is 0. The second kappa shape index (κ2) is 7.43. The van der Waals surface area contributed by atoms with Crippen LogP contribution in [0.15, 0.2) is 29.8 Å². The number of piperidine rings is 1. The quantitative estimate of drug-likeness (QED) is 0.715. The normalized spacial score (nSPS) is 22.3. The Hall–Kier alpha value is -1.61. The standard InChI is InChI=1S/C24H34N2O/c1-18(2)10-13-25-14-11-24(12-15-25)17-26(23(27)20-6-4-5-7-20)22-9-8-19(3)16-21(22)24/h8-10,16,20H,4-7,11-15,17H2,1-3H3. The minimum absolute atomic E-state index is 0.164. The maximum absolute atomic E-state index is 13.3. The molecule has 27 heavy (non-hydrogen) atoms. The average Bonchev–Trinajstić information content (AvgIpc) is 3.29. The highest BCUT2D eigenvalue weighted by Gasteiger charge is 2.47. The van der Waals surface area contributed by atoms with E-state index in [1.165, 1.54) is 35.2 Å². The van der Waals surface area contributed by atoms with Gasteiger partial charge in [0.2, 0.25) is 5.91 Å². The molecule has 1 saturated heterocycles. The van der Waals surface area contributed by atoms with Gasteiger partial charge in [-0.3, -0.25) is 9.69 Å². The Morgan fingerprint density at radius 2 is 1.89 bits per heavy atom. The zero-order valence-electron chi connectivity index (χ0n) is 17.3. The first-order chi connectivity index (χ1) is 13.0. The second-order valence-electron chi connectivity index (χ2n) is 9.29. The molecule has 3 nitrogen and oxygen atoms in total. The summed E-state index contributed by atoms with van der Waals surface area (Å²) in [4.78, 5) is 18.0. The molecule has 0 radical (unpaired) electrons. The lowest BCUT2D eigenvalue weighted by molar-refractivity contribution is -0.122. The van der Waals surface area contributed by atoms with Crippen molar-refractivity contribution in [3.63, 3.8) is 0 Å². The molecule has 0 bridgehead atoms. The predicted octanol–water partition coefficient (Wildman–Crippen LogP) is 4.83. The molecule has 2 aliphatic heterocycles. The van der Waals surface area contributed by atoms with Gasteiger partial charge < -0.3 is 4.90 Å².